The van der Waals surface area contributed by atoms with Crippen LogP contribution in [0.15, 0.2) is 99.2 Å². The van der Waals surface area contributed by atoms with Gasteiger partial charge in [0, 0.05) is 29.7 Å². The number of nitrogens with zero attached hydrogens (tertiary/aromatic N) is 4. The van der Waals surface area contributed by atoms with Crippen molar-refractivity contribution in [2.24, 2.45) is 4.99 Å². The molecule has 1 aromatic heterocycles. The maximum absolute atomic E-state index is 13.7. The van der Waals surface area contributed by atoms with E-state index >= 15 is 0 Å². The number of likely N-dealkylation sites (N-methyl/N-ethyl adjacent to an activating group) is 2. The molecule has 9 heteroatoms. The third kappa shape index (κ3) is 2.93. The van der Waals surface area contributed by atoms with Crippen molar-refractivity contribution in [3.8, 4) is 0 Å². The van der Waals surface area contributed by atoms with Crippen molar-refractivity contribution in [2.45, 2.75) is 11.3 Å². The van der Waals surface area contributed by atoms with Crippen LogP contribution in [0.4, 0.5) is 4.79 Å². The lowest BCUT2D eigenvalue weighted by molar-refractivity contribution is 0.0648. The summed E-state index contributed by atoms with van der Waals surface area (Å²) in [5, 5.41) is 0. The maximum atomic E-state index is 13.7. The second kappa shape index (κ2) is 8.18. The number of carbonyl (C=O) groups excluding carboxylic acids is 1. The van der Waals surface area contributed by atoms with Crippen LogP contribution in [-0.4, -0.2) is 34.6 Å². The van der Waals surface area contributed by atoms with Crippen molar-refractivity contribution >= 4 is 39.4 Å². The Kier molecular flexibility index (Phi) is 5.17. The molecule has 7 nitrogen and oxygen atoms in total. The fourth-order valence-corrected chi connectivity index (χ4v) is 6.61. The van der Waals surface area contributed by atoms with E-state index in [9.17, 15) is 9.59 Å². The van der Waals surface area contributed by atoms with E-state index in [0.717, 1.165) is 21.2 Å². The molecule has 1 saturated heterocycles. The molecule has 36 heavy (non-hydrogen) atoms. The first-order chi connectivity index (χ1) is 17.4. The highest BCUT2D eigenvalue weighted by Gasteiger charge is 2.69. The number of urea groups is 1. The van der Waals surface area contributed by atoms with E-state index in [1.807, 2.05) is 91.0 Å². The highest BCUT2D eigenvalue weighted by Crippen LogP contribution is 2.53. The maximum Gasteiger partial charge on any atom is 0.324 e. The molecule has 0 saturated carbocycles. The molecule has 0 aliphatic carbocycles. The molecule has 1 fully saturated rings. The lowest BCUT2D eigenvalue weighted by atomic mass is 9.80. The van der Waals surface area contributed by atoms with Gasteiger partial charge in [0.1, 0.15) is 0 Å². The lowest BCUT2D eigenvalue weighted by Crippen LogP contribution is -2.67. The van der Waals surface area contributed by atoms with Crippen molar-refractivity contribution < 1.29 is 4.79 Å². The van der Waals surface area contributed by atoms with E-state index in [4.69, 9.17) is 4.99 Å². The molecular formula is C27H22BrN5O2S. The summed E-state index contributed by atoms with van der Waals surface area (Å²) in [4.78, 5) is 36.3. The number of hydrogen-bond acceptors (Lipinski definition) is 5. The number of halogens is 1. The lowest BCUT2D eigenvalue weighted by Gasteiger charge is -2.49. The second-order valence-electron chi connectivity index (χ2n) is 8.79. The minimum atomic E-state index is -1.18. The van der Waals surface area contributed by atoms with Gasteiger partial charge in [-0.1, -0.05) is 106 Å². The molecule has 6 rings (SSSR count). The summed E-state index contributed by atoms with van der Waals surface area (Å²) < 4.78 is 2.91. The zero-order valence-corrected chi connectivity index (χ0v) is 22.0. The van der Waals surface area contributed by atoms with Crippen LogP contribution >= 0.6 is 27.3 Å². The monoisotopic (exact) mass is 559 g/mol. The summed E-state index contributed by atoms with van der Waals surface area (Å²) in [6, 6.07) is 27.0. The summed E-state index contributed by atoms with van der Waals surface area (Å²) in [5.41, 5.74) is 3.47. The van der Waals surface area contributed by atoms with E-state index in [-0.39, 0.29) is 11.6 Å². The van der Waals surface area contributed by atoms with Crippen molar-refractivity contribution in [1.29, 1.82) is 0 Å². The van der Waals surface area contributed by atoms with Crippen LogP contribution < -0.4 is 20.3 Å². The summed E-state index contributed by atoms with van der Waals surface area (Å²) in [5.74, 6) is 0. The molecule has 2 amide bonds. The SMILES string of the molecule is CN1C(=O)N(C)[C@]2(c3ccccc3)Nn3c(s/c(=C\c4ccccc4Br)c3=O)=N[C@@]12c1ccccc1. The number of benzene rings is 3. The van der Waals surface area contributed by atoms with Gasteiger partial charge in [-0.2, -0.15) is 4.68 Å². The Morgan fingerprint density at radius 1 is 0.861 bits per heavy atom. The summed E-state index contributed by atoms with van der Waals surface area (Å²) >= 11 is 4.86. The Balaban J connectivity index is 1.72. The van der Waals surface area contributed by atoms with Crippen LogP contribution in [0.1, 0.15) is 16.7 Å². The number of carbonyl (C=O) groups is 1. The molecule has 3 heterocycles. The molecule has 0 bridgehead atoms. The van der Waals surface area contributed by atoms with Gasteiger partial charge < -0.3 is 0 Å². The molecule has 0 spiro atoms. The molecule has 3 aromatic carbocycles. The number of fused-ring (bicyclic) bond motifs is 2. The second-order valence-corrected chi connectivity index (χ2v) is 10.7. The Morgan fingerprint density at radius 2 is 1.47 bits per heavy atom. The average Bonchev–Trinajstić information content (AvgIpc) is 3.30. The highest BCUT2D eigenvalue weighted by atomic mass is 79.9. The molecule has 0 unspecified atom stereocenters. The van der Waals surface area contributed by atoms with E-state index in [0.29, 0.717) is 9.33 Å². The van der Waals surface area contributed by atoms with Crippen molar-refractivity contribution in [3.05, 3.63) is 126 Å². The van der Waals surface area contributed by atoms with Gasteiger partial charge in [0.2, 0.25) is 16.1 Å². The summed E-state index contributed by atoms with van der Waals surface area (Å²) in [6.45, 7) is 0. The van der Waals surface area contributed by atoms with Crippen LogP contribution in [0, 0.1) is 0 Å². The predicted molar refractivity (Wildman–Crippen MR) is 144 cm³/mol. The third-order valence-corrected chi connectivity index (χ3v) is 8.66. The van der Waals surface area contributed by atoms with Gasteiger partial charge in [-0.25, -0.2) is 9.79 Å². The Hall–Kier alpha value is -3.69. The molecule has 180 valence electrons. The van der Waals surface area contributed by atoms with Gasteiger partial charge in [-0.05, 0) is 17.7 Å². The molecule has 2 aliphatic heterocycles. The third-order valence-electron chi connectivity index (χ3n) is 6.96. The van der Waals surface area contributed by atoms with Crippen LogP contribution in [0.2, 0.25) is 0 Å². The van der Waals surface area contributed by atoms with Gasteiger partial charge in [0.05, 0.1) is 4.53 Å². The van der Waals surface area contributed by atoms with Crippen LogP contribution in [0.25, 0.3) is 6.08 Å². The molecule has 0 radical (unpaired) electrons. The standard InChI is InChI=1S/C27H22BrN5O2S/c1-31-25(35)32(2)27(20-14-7-4-8-15-20)26(31,19-12-5-3-6-13-19)29-24-33(30-27)23(34)22(36-24)17-18-11-9-10-16-21(18)28/h3-17,30H,1-2H3/b22-17-/t26-,27-/m0/s1. The number of amides is 2. The quantitative estimate of drug-likeness (QED) is 0.418. The molecule has 2 aliphatic rings. The van der Waals surface area contributed by atoms with E-state index in [2.05, 4.69) is 21.4 Å². The van der Waals surface area contributed by atoms with Gasteiger partial charge in [0.15, 0.2) is 0 Å². The summed E-state index contributed by atoms with van der Waals surface area (Å²) in [6.07, 6.45) is 1.86. The first-order valence-electron chi connectivity index (χ1n) is 11.4. The zero-order valence-electron chi connectivity index (χ0n) is 19.6. The summed E-state index contributed by atoms with van der Waals surface area (Å²) in [7, 11) is 3.51. The minimum Gasteiger partial charge on any atom is -0.295 e. The number of thiazole rings is 1. The molecule has 4 aromatic rings. The molecule has 1 N–H and O–H groups in total. The number of nitrogens with one attached hydrogen (secondary N) is 1. The number of aromatic nitrogens is 1. The van der Waals surface area contributed by atoms with Crippen molar-refractivity contribution in [3.63, 3.8) is 0 Å². The first kappa shape index (κ1) is 22.8. The minimum absolute atomic E-state index is 0.206. The smallest absolute Gasteiger partial charge is 0.295 e. The Bertz CT molecular complexity index is 1670. The Morgan fingerprint density at radius 3 is 2.14 bits per heavy atom. The van der Waals surface area contributed by atoms with Gasteiger partial charge in [-0.3, -0.25) is 20.0 Å². The zero-order chi connectivity index (χ0) is 25.1. The first-order valence-corrected chi connectivity index (χ1v) is 13.0. The van der Waals surface area contributed by atoms with Crippen LogP contribution in [0.3, 0.4) is 0 Å². The number of rotatable bonds is 3. The predicted octanol–water partition coefficient (Wildman–Crippen LogP) is 3.38. The fraction of sp³-hybridized carbons (Fsp3) is 0.148. The fourth-order valence-electron chi connectivity index (χ4n) is 5.25. The van der Waals surface area contributed by atoms with Gasteiger partial charge >= 0.3 is 6.03 Å². The van der Waals surface area contributed by atoms with Crippen molar-refractivity contribution in [2.75, 3.05) is 19.5 Å². The molecular weight excluding hydrogens is 538 g/mol. The Labute approximate surface area is 219 Å². The highest BCUT2D eigenvalue weighted by molar-refractivity contribution is 9.10. The van der Waals surface area contributed by atoms with E-state index < -0.39 is 11.3 Å². The average molecular weight is 560 g/mol. The van der Waals surface area contributed by atoms with Crippen LogP contribution in [-0.2, 0) is 11.3 Å². The largest absolute Gasteiger partial charge is 0.324 e. The van der Waals surface area contributed by atoms with Gasteiger partial charge in [0.25, 0.3) is 5.56 Å². The van der Waals surface area contributed by atoms with E-state index in [1.165, 1.54) is 16.0 Å². The number of hydrogen-bond donors (Lipinski definition) is 1. The normalized spacial score (nSPS) is 23.2. The van der Waals surface area contributed by atoms with Crippen molar-refractivity contribution in [1.82, 2.24) is 14.5 Å². The van der Waals surface area contributed by atoms with Gasteiger partial charge in [-0.15, -0.1) is 0 Å². The molecule has 2 atom stereocenters. The van der Waals surface area contributed by atoms with E-state index in [1.54, 1.807) is 23.9 Å². The topological polar surface area (TPSA) is 69.9 Å². The van der Waals surface area contributed by atoms with Crippen LogP contribution in [0.5, 0.6) is 0 Å².